The Labute approximate surface area is 162 Å². The van der Waals surface area contributed by atoms with Crippen LogP contribution in [0.2, 0.25) is 0 Å². The standard InChI is InChI=1S/C25H20FN2/c1-15-5-4-6-20-22-13-18(17-7-10-19(26)11-8-17)9-12-21(22)24-25(23(15)20)28(3)14-16(2)27-24/h4-14H,1-3H3/q+1. The van der Waals surface area contributed by atoms with E-state index >= 15 is 0 Å². The Hall–Kier alpha value is -3.33. The minimum Gasteiger partial charge on any atom is -0.240 e. The molecule has 136 valence electrons. The predicted molar refractivity (Wildman–Crippen MR) is 113 cm³/mol. The zero-order valence-corrected chi connectivity index (χ0v) is 16.1. The zero-order chi connectivity index (χ0) is 19.4. The van der Waals surface area contributed by atoms with Gasteiger partial charge < -0.3 is 0 Å². The number of aryl methyl sites for hydroxylation is 3. The lowest BCUT2D eigenvalue weighted by molar-refractivity contribution is -0.644. The first-order chi connectivity index (χ1) is 13.5. The van der Waals surface area contributed by atoms with Gasteiger partial charge in [-0.05, 0) is 59.5 Å². The third-order valence-corrected chi connectivity index (χ3v) is 5.50. The second-order valence-corrected chi connectivity index (χ2v) is 7.46. The van der Waals surface area contributed by atoms with E-state index < -0.39 is 0 Å². The quantitative estimate of drug-likeness (QED) is 0.271. The van der Waals surface area contributed by atoms with Crippen LogP contribution < -0.4 is 4.57 Å². The summed E-state index contributed by atoms with van der Waals surface area (Å²) in [7, 11) is 2.08. The average Bonchev–Trinajstić information content (AvgIpc) is 2.68. The topological polar surface area (TPSA) is 16.8 Å². The summed E-state index contributed by atoms with van der Waals surface area (Å²) >= 11 is 0. The van der Waals surface area contributed by atoms with E-state index in [1.165, 1.54) is 33.9 Å². The number of rotatable bonds is 1. The second-order valence-electron chi connectivity index (χ2n) is 7.46. The van der Waals surface area contributed by atoms with Crippen LogP contribution >= 0.6 is 0 Å². The summed E-state index contributed by atoms with van der Waals surface area (Å²) < 4.78 is 15.5. The Morgan fingerprint density at radius 1 is 0.821 bits per heavy atom. The Balaban J connectivity index is 1.97. The van der Waals surface area contributed by atoms with Crippen molar-refractivity contribution in [2.45, 2.75) is 13.8 Å². The summed E-state index contributed by atoms with van der Waals surface area (Å²) in [6, 6.07) is 19.5. The molecule has 5 rings (SSSR count). The molecule has 1 heterocycles. The van der Waals surface area contributed by atoms with E-state index in [1.54, 1.807) is 0 Å². The Bertz CT molecular complexity index is 1390. The van der Waals surface area contributed by atoms with Crippen molar-refractivity contribution in [2.75, 3.05) is 0 Å². The maximum Gasteiger partial charge on any atom is 0.239 e. The minimum absolute atomic E-state index is 0.219. The molecule has 0 saturated carbocycles. The first-order valence-corrected chi connectivity index (χ1v) is 9.41. The summed E-state index contributed by atoms with van der Waals surface area (Å²) in [4.78, 5) is 4.90. The van der Waals surface area contributed by atoms with Crippen LogP contribution in [0.4, 0.5) is 4.39 Å². The van der Waals surface area contributed by atoms with E-state index in [9.17, 15) is 4.39 Å². The van der Waals surface area contributed by atoms with Crippen molar-refractivity contribution in [1.29, 1.82) is 0 Å². The van der Waals surface area contributed by atoms with Gasteiger partial charge in [-0.2, -0.15) is 4.57 Å². The normalized spacial score (nSPS) is 11.6. The molecule has 0 atom stereocenters. The molecule has 0 radical (unpaired) electrons. The molecule has 0 fully saturated rings. The summed E-state index contributed by atoms with van der Waals surface area (Å²) in [6.07, 6.45) is 2.08. The van der Waals surface area contributed by atoms with Crippen LogP contribution in [0.3, 0.4) is 0 Å². The van der Waals surface area contributed by atoms with Gasteiger partial charge in [-0.1, -0.05) is 42.5 Å². The molecule has 0 aliphatic rings. The molecule has 2 nitrogen and oxygen atoms in total. The van der Waals surface area contributed by atoms with Crippen LogP contribution in [-0.2, 0) is 7.05 Å². The lowest BCUT2D eigenvalue weighted by atomic mass is 9.93. The maximum atomic E-state index is 13.3. The van der Waals surface area contributed by atoms with Crippen molar-refractivity contribution in [3.05, 3.63) is 83.9 Å². The van der Waals surface area contributed by atoms with Gasteiger partial charge in [-0.25, -0.2) is 9.37 Å². The first kappa shape index (κ1) is 16.8. The van der Waals surface area contributed by atoms with Gasteiger partial charge in [0.05, 0.1) is 5.39 Å². The third-order valence-electron chi connectivity index (χ3n) is 5.50. The number of nitrogens with zero attached hydrogens (tertiary/aromatic N) is 2. The molecule has 0 unspecified atom stereocenters. The van der Waals surface area contributed by atoms with E-state index in [0.717, 1.165) is 33.2 Å². The zero-order valence-electron chi connectivity index (χ0n) is 16.1. The molecule has 0 amide bonds. The molecule has 28 heavy (non-hydrogen) atoms. The number of halogens is 1. The van der Waals surface area contributed by atoms with Gasteiger partial charge in [0.15, 0.2) is 6.20 Å². The van der Waals surface area contributed by atoms with Crippen LogP contribution in [0, 0.1) is 19.7 Å². The fraction of sp³-hybridized carbons (Fsp3) is 0.120. The molecule has 1 aromatic heterocycles. The lowest BCUT2D eigenvalue weighted by Gasteiger charge is -2.12. The van der Waals surface area contributed by atoms with Crippen molar-refractivity contribution in [1.82, 2.24) is 4.98 Å². The fourth-order valence-electron chi connectivity index (χ4n) is 4.25. The molecule has 3 heteroatoms. The van der Waals surface area contributed by atoms with E-state index in [2.05, 4.69) is 61.1 Å². The van der Waals surface area contributed by atoms with E-state index in [0.29, 0.717) is 0 Å². The molecular formula is C25H20FN2+. The first-order valence-electron chi connectivity index (χ1n) is 9.41. The van der Waals surface area contributed by atoms with Gasteiger partial charge in [0.2, 0.25) is 5.52 Å². The van der Waals surface area contributed by atoms with Crippen LogP contribution in [0.25, 0.3) is 43.7 Å². The van der Waals surface area contributed by atoms with Crippen molar-refractivity contribution in [3.63, 3.8) is 0 Å². The van der Waals surface area contributed by atoms with Crippen LogP contribution in [0.15, 0.2) is 66.9 Å². The monoisotopic (exact) mass is 367 g/mol. The molecule has 0 aliphatic heterocycles. The van der Waals surface area contributed by atoms with Crippen molar-refractivity contribution in [2.24, 2.45) is 7.05 Å². The third kappa shape index (κ3) is 2.47. The van der Waals surface area contributed by atoms with Crippen molar-refractivity contribution in [3.8, 4) is 11.1 Å². The molecule has 0 saturated heterocycles. The summed E-state index contributed by atoms with van der Waals surface area (Å²) in [5.74, 6) is -0.219. The molecule has 5 aromatic rings. The molecule has 0 spiro atoms. The molecular weight excluding hydrogens is 347 g/mol. The minimum atomic E-state index is -0.219. The highest BCUT2D eigenvalue weighted by Gasteiger charge is 2.19. The number of hydrogen-bond donors (Lipinski definition) is 0. The van der Waals surface area contributed by atoms with Crippen LogP contribution in [0.5, 0.6) is 0 Å². The maximum absolute atomic E-state index is 13.3. The van der Waals surface area contributed by atoms with Crippen molar-refractivity contribution >= 4 is 32.6 Å². The molecule has 0 N–H and O–H groups in total. The second kappa shape index (κ2) is 6.10. The molecule has 4 aromatic carbocycles. The largest absolute Gasteiger partial charge is 0.240 e. The Morgan fingerprint density at radius 2 is 1.57 bits per heavy atom. The summed E-state index contributed by atoms with van der Waals surface area (Å²) in [5, 5.41) is 4.76. The van der Waals surface area contributed by atoms with Crippen LogP contribution in [-0.4, -0.2) is 4.98 Å². The van der Waals surface area contributed by atoms with Crippen LogP contribution in [0.1, 0.15) is 11.3 Å². The highest BCUT2D eigenvalue weighted by atomic mass is 19.1. The van der Waals surface area contributed by atoms with Gasteiger partial charge in [-0.15, -0.1) is 0 Å². The SMILES string of the molecule is Cc1c[n+](C)c2c(n1)c1ccc(-c3ccc(F)cc3)cc1c1cccc(C)c12. The number of benzene rings is 4. The fourth-order valence-corrected chi connectivity index (χ4v) is 4.25. The van der Waals surface area contributed by atoms with E-state index in [1.807, 2.05) is 19.1 Å². The van der Waals surface area contributed by atoms with Gasteiger partial charge in [0, 0.05) is 5.39 Å². The number of hydrogen-bond acceptors (Lipinski definition) is 1. The van der Waals surface area contributed by atoms with E-state index in [4.69, 9.17) is 4.98 Å². The van der Waals surface area contributed by atoms with Gasteiger partial charge in [-0.3, -0.25) is 0 Å². The average molecular weight is 367 g/mol. The Kier molecular flexibility index (Phi) is 3.66. The van der Waals surface area contributed by atoms with Gasteiger partial charge in [0.25, 0.3) is 0 Å². The van der Waals surface area contributed by atoms with Gasteiger partial charge >= 0.3 is 0 Å². The highest BCUT2D eigenvalue weighted by Crippen LogP contribution is 2.36. The predicted octanol–water partition coefficient (Wildman–Crippen LogP) is 5.79. The molecule has 0 aliphatic carbocycles. The van der Waals surface area contributed by atoms with Crippen molar-refractivity contribution < 1.29 is 8.96 Å². The van der Waals surface area contributed by atoms with Gasteiger partial charge in [0.1, 0.15) is 24.1 Å². The highest BCUT2D eigenvalue weighted by molar-refractivity contribution is 6.23. The Morgan fingerprint density at radius 3 is 2.36 bits per heavy atom. The number of aromatic nitrogens is 2. The smallest absolute Gasteiger partial charge is 0.239 e. The van der Waals surface area contributed by atoms with E-state index in [-0.39, 0.29) is 5.82 Å². The molecule has 0 bridgehead atoms. The lowest BCUT2D eigenvalue weighted by Crippen LogP contribution is -2.30. The number of fused-ring (bicyclic) bond motifs is 6. The summed E-state index contributed by atoms with van der Waals surface area (Å²) in [6.45, 7) is 4.18. The summed E-state index contributed by atoms with van der Waals surface area (Å²) in [5.41, 5.74) is 6.48.